The molecule has 1 unspecified atom stereocenters. The summed E-state index contributed by atoms with van der Waals surface area (Å²) in [5.74, 6) is -0.364. The molecule has 0 heterocycles. The van der Waals surface area contributed by atoms with E-state index in [0.717, 1.165) is 5.56 Å². The summed E-state index contributed by atoms with van der Waals surface area (Å²) < 4.78 is 0. The van der Waals surface area contributed by atoms with E-state index in [9.17, 15) is 14.7 Å². The summed E-state index contributed by atoms with van der Waals surface area (Å²) in [6, 6.07) is 6.01. The van der Waals surface area contributed by atoms with Gasteiger partial charge in [0.1, 0.15) is 11.8 Å². The van der Waals surface area contributed by atoms with Crippen LogP contribution in [0.25, 0.3) is 0 Å². The van der Waals surface area contributed by atoms with Crippen molar-refractivity contribution in [1.82, 2.24) is 10.6 Å². The fraction of sp³-hybridized carbons (Fsp3) is 0.500. The molecule has 1 atom stereocenters. The molecular formula is C16H24N2O3. The Morgan fingerprint density at radius 3 is 2.05 bits per heavy atom. The highest BCUT2D eigenvalue weighted by Crippen LogP contribution is 2.12. The van der Waals surface area contributed by atoms with Gasteiger partial charge < -0.3 is 15.7 Å². The van der Waals surface area contributed by atoms with Crippen molar-refractivity contribution in [2.75, 3.05) is 0 Å². The minimum Gasteiger partial charge on any atom is -0.508 e. The molecule has 5 nitrogen and oxygen atoms in total. The minimum atomic E-state index is -0.619. The highest BCUT2D eigenvalue weighted by Gasteiger charge is 2.22. The van der Waals surface area contributed by atoms with Crippen molar-refractivity contribution < 1.29 is 14.7 Å². The Labute approximate surface area is 125 Å². The SMILES string of the molecule is CC(C)NC(=O)C(Cc1ccc(O)cc1)NC(=O)C(C)C. The first-order valence-corrected chi connectivity index (χ1v) is 7.18. The van der Waals surface area contributed by atoms with E-state index in [4.69, 9.17) is 0 Å². The fourth-order valence-corrected chi connectivity index (χ4v) is 1.80. The Balaban J connectivity index is 2.82. The van der Waals surface area contributed by atoms with Gasteiger partial charge in [-0.1, -0.05) is 26.0 Å². The van der Waals surface area contributed by atoms with Crippen molar-refractivity contribution in [2.45, 2.75) is 46.2 Å². The lowest BCUT2D eigenvalue weighted by Gasteiger charge is -2.21. The van der Waals surface area contributed by atoms with Gasteiger partial charge in [0.25, 0.3) is 0 Å². The van der Waals surface area contributed by atoms with E-state index in [-0.39, 0.29) is 29.5 Å². The van der Waals surface area contributed by atoms with Gasteiger partial charge in [-0.15, -0.1) is 0 Å². The van der Waals surface area contributed by atoms with E-state index in [2.05, 4.69) is 10.6 Å². The van der Waals surface area contributed by atoms with Crippen LogP contribution in [0, 0.1) is 5.92 Å². The third kappa shape index (κ3) is 5.85. The van der Waals surface area contributed by atoms with Gasteiger partial charge in [-0.05, 0) is 31.5 Å². The Hall–Kier alpha value is -2.04. The number of phenols is 1. The molecule has 0 aliphatic heterocycles. The molecule has 2 amide bonds. The van der Waals surface area contributed by atoms with E-state index >= 15 is 0 Å². The van der Waals surface area contributed by atoms with Gasteiger partial charge in [-0.2, -0.15) is 0 Å². The van der Waals surface area contributed by atoms with Crippen molar-refractivity contribution in [3.8, 4) is 5.75 Å². The summed E-state index contributed by atoms with van der Waals surface area (Å²) in [5.41, 5.74) is 0.876. The number of amides is 2. The standard InChI is InChI=1S/C16H24N2O3/c1-10(2)15(20)18-14(16(21)17-11(3)4)9-12-5-7-13(19)8-6-12/h5-8,10-11,14,19H,9H2,1-4H3,(H,17,21)(H,18,20). The molecule has 0 aliphatic rings. The largest absolute Gasteiger partial charge is 0.508 e. The van der Waals surface area contributed by atoms with Crippen LogP contribution in [0.2, 0.25) is 0 Å². The van der Waals surface area contributed by atoms with Gasteiger partial charge in [0.15, 0.2) is 0 Å². The van der Waals surface area contributed by atoms with E-state index in [0.29, 0.717) is 6.42 Å². The normalized spacial score (nSPS) is 12.3. The second-order valence-electron chi connectivity index (χ2n) is 5.75. The van der Waals surface area contributed by atoms with Crippen molar-refractivity contribution in [3.63, 3.8) is 0 Å². The van der Waals surface area contributed by atoms with Crippen LogP contribution in [0.5, 0.6) is 5.75 Å². The second-order valence-corrected chi connectivity index (χ2v) is 5.75. The molecule has 0 saturated carbocycles. The Morgan fingerprint density at radius 2 is 1.57 bits per heavy atom. The number of hydrogen-bond donors (Lipinski definition) is 3. The molecule has 21 heavy (non-hydrogen) atoms. The van der Waals surface area contributed by atoms with Crippen LogP contribution in [0.1, 0.15) is 33.3 Å². The third-order valence-electron chi connectivity index (χ3n) is 2.96. The molecule has 0 aromatic heterocycles. The number of rotatable bonds is 6. The lowest BCUT2D eigenvalue weighted by Crippen LogP contribution is -2.50. The van der Waals surface area contributed by atoms with Crippen molar-refractivity contribution in [3.05, 3.63) is 29.8 Å². The van der Waals surface area contributed by atoms with Crippen molar-refractivity contribution in [2.24, 2.45) is 5.92 Å². The number of carbonyl (C=O) groups is 2. The molecule has 1 aromatic carbocycles. The molecule has 0 fully saturated rings. The monoisotopic (exact) mass is 292 g/mol. The maximum Gasteiger partial charge on any atom is 0.243 e. The smallest absolute Gasteiger partial charge is 0.243 e. The van der Waals surface area contributed by atoms with Crippen LogP contribution >= 0.6 is 0 Å². The lowest BCUT2D eigenvalue weighted by molar-refractivity contribution is -0.130. The second kappa shape index (κ2) is 7.67. The highest BCUT2D eigenvalue weighted by molar-refractivity contribution is 5.88. The summed E-state index contributed by atoms with van der Waals surface area (Å²) in [5, 5.41) is 14.9. The Bertz CT molecular complexity index is 481. The summed E-state index contributed by atoms with van der Waals surface area (Å²) in [7, 11) is 0. The van der Waals surface area contributed by atoms with Crippen LogP contribution < -0.4 is 10.6 Å². The molecule has 0 bridgehead atoms. The van der Waals surface area contributed by atoms with Crippen molar-refractivity contribution in [1.29, 1.82) is 0 Å². The fourth-order valence-electron chi connectivity index (χ4n) is 1.80. The van der Waals surface area contributed by atoms with Gasteiger partial charge in [0.05, 0.1) is 0 Å². The number of phenolic OH excluding ortho intramolecular Hbond substituents is 1. The van der Waals surface area contributed by atoms with Gasteiger partial charge in [-0.25, -0.2) is 0 Å². The Kier molecular flexibility index (Phi) is 6.21. The zero-order chi connectivity index (χ0) is 16.0. The summed E-state index contributed by atoms with van der Waals surface area (Å²) in [6.45, 7) is 7.32. The van der Waals surface area contributed by atoms with Crippen molar-refractivity contribution >= 4 is 11.8 Å². The zero-order valence-corrected chi connectivity index (χ0v) is 13.0. The number of carbonyl (C=O) groups excluding carboxylic acids is 2. The molecule has 1 rings (SSSR count). The van der Waals surface area contributed by atoms with Crippen LogP contribution in [0.3, 0.4) is 0 Å². The third-order valence-corrected chi connectivity index (χ3v) is 2.96. The first kappa shape index (κ1) is 17.0. The molecule has 0 spiro atoms. The van der Waals surface area contributed by atoms with E-state index in [1.807, 2.05) is 13.8 Å². The van der Waals surface area contributed by atoms with Crippen LogP contribution in [-0.4, -0.2) is 29.0 Å². The van der Waals surface area contributed by atoms with Crippen LogP contribution in [-0.2, 0) is 16.0 Å². The van der Waals surface area contributed by atoms with Gasteiger partial charge in [0, 0.05) is 18.4 Å². The van der Waals surface area contributed by atoms with Crippen LogP contribution in [0.15, 0.2) is 24.3 Å². The maximum absolute atomic E-state index is 12.2. The predicted octanol–water partition coefficient (Wildman–Crippen LogP) is 1.60. The number of nitrogens with one attached hydrogen (secondary N) is 2. The molecule has 3 N–H and O–H groups in total. The molecule has 0 radical (unpaired) electrons. The molecular weight excluding hydrogens is 268 g/mol. The van der Waals surface area contributed by atoms with Gasteiger partial charge in [-0.3, -0.25) is 9.59 Å². The summed E-state index contributed by atoms with van der Waals surface area (Å²) in [4.78, 5) is 24.1. The van der Waals surface area contributed by atoms with E-state index < -0.39 is 6.04 Å². The predicted molar refractivity (Wildman–Crippen MR) is 81.9 cm³/mol. The van der Waals surface area contributed by atoms with E-state index in [1.165, 1.54) is 0 Å². The molecule has 116 valence electrons. The minimum absolute atomic E-state index is 0.00997. The average molecular weight is 292 g/mol. The quantitative estimate of drug-likeness (QED) is 0.745. The van der Waals surface area contributed by atoms with E-state index in [1.54, 1.807) is 38.1 Å². The summed E-state index contributed by atoms with van der Waals surface area (Å²) >= 11 is 0. The summed E-state index contributed by atoms with van der Waals surface area (Å²) in [6.07, 6.45) is 0.386. The Morgan fingerprint density at radius 1 is 1.00 bits per heavy atom. The first-order valence-electron chi connectivity index (χ1n) is 7.18. The van der Waals surface area contributed by atoms with Crippen LogP contribution in [0.4, 0.5) is 0 Å². The van der Waals surface area contributed by atoms with Gasteiger partial charge in [0.2, 0.25) is 11.8 Å². The number of aromatic hydroxyl groups is 1. The van der Waals surface area contributed by atoms with Gasteiger partial charge >= 0.3 is 0 Å². The maximum atomic E-state index is 12.2. The molecule has 1 aromatic rings. The molecule has 0 saturated heterocycles. The lowest BCUT2D eigenvalue weighted by atomic mass is 10.0. The zero-order valence-electron chi connectivity index (χ0n) is 13.0. The first-order chi connectivity index (χ1) is 9.79. The highest BCUT2D eigenvalue weighted by atomic mass is 16.3. The average Bonchev–Trinajstić information content (AvgIpc) is 2.39. The number of hydrogen-bond acceptors (Lipinski definition) is 3. The molecule has 0 aliphatic carbocycles. The number of benzene rings is 1. The molecule has 5 heteroatoms. The topological polar surface area (TPSA) is 78.4 Å².